The quantitative estimate of drug-likeness (QED) is 0.415. The van der Waals surface area contributed by atoms with Crippen molar-refractivity contribution in [1.29, 1.82) is 0 Å². The molecule has 1 N–H and O–H groups in total. The molecule has 2 aromatic carbocycles. The third-order valence-corrected chi connectivity index (χ3v) is 9.63. The van der Waals surface area contributed by atoms with Gasteiger partial charge in [0.2, 0.25) is 5.91 Å². The number of hydrogen-bond donors (Lipinski definition) is 1. The Morgan fingerprint density at radius 1 is 0.769 bits per heavy atom. The maximum Gasteiger partial charge on any atom is 0.254 e. The lowest BCUT2D eigenvalue weighted by Gasteiger charge is -2.46. The summed E-state index contributed by atoms with van der Waals surface area (Å²) in [5, 5.41) is 3.33. The van der Waals surface area contributed by atoms with Crippen LogP contribution in [-0.4, -0.2) is 52.8 Å². The largest absolute Gasteiger partial charge is 0.324 e. The van der Waals surface area contributed by atoms with Gasteiger partial charge in [-0.3, -0.25) is 9.59 Å². The molecule has 0 bridgehead atoms. The summed E-state index contributed by atoms with van der Waals surface area (Å²) in [5.74, 6) is 0.154. The molecule has 0 radical (unpaired) electrons. The number of para-hydroxylation sites is 1. The minimum absolute atomic E-state index is 0.0128. The lowest BCUT2D eigenvalue weighted by atomic mass is 9.83. The van der Waals surface area contributed by atoms with Gasteiger partial charge in [-0.15, -0.1) is 0 Å². The minimum Gasteiger partial charge on any atom is -0.324 e. The van der Waals surface area contributed by atoms with Gasteiger partial charge in [-0.25, -0.2) is 0 Å². The van der Waals surface area contributed by atoms with Gasteiger partial charge >= 0.3 is 0 Å². The van der Waals surface area contributed by atoms with Crippen molar-refractivity contribution in [3.8, 4) is 0 Å². The fraction of sp³-hybridized carbons (Fsp3) is 0.588. The molecule has 2 saturated carbocycles. The highest BCUT2D eigenvalue weighted by Crippen LogP contribution is 2.35. The SMILES string of the molecule is Cc1cccc(C)c1NC(=O)C(C1CCN(C2CCCCC2)CC1)N(C(=O)c1ccccc1)C1CCCCC1. The van der Waals surface area contributed by atoms with E-state index in [1.54, 1.807) is 0 Å². The molecule has 2 aliphatic carbocycles. The second kappa shape index (κ2) is 13.1. The number of carbonyl (C=O) groups is 2. The molecule has 1 atom stereocenters. The summed E-state index contributed by atoms with van der Waals surface area (Å²) in [6, 6.07) is 16.1. The molecule has 0 spiro atoms. The molecule has 2 aromatic rings. The van der Waals surface area contributed by atoms with Crippen molar-refractivity contribution in [2.75, 3.05) is 18.4 Å². The first-order chi connectivity index (χ1) is 19.0. The van der Waals surface area contributed by atoms with Crippen LogP contribution in [0.5, 0.6) is 0 Å². The fourth-order valence-electron chi connectivity index (χ4n) is 7.43. The number of nitrogens with zero attached hydrogens (tertiary/aromatic N) is 2. The second-order valence-electron chi connectivity index (χ2n) is 12.2. The first kappa shape index (κ1) is 27.9. The Kier molecular flexibility index (Phi) is 9.39. The van der Waals surface area contributed by atoms with E-state index in [9.17, 15) is 9.59 Å². The molecule has 1 aliphatic heterocycles. The number of nitrogens with one attached hydrogen (secondary N) is 1. The van der Waals surface area contributed by atoms with E-state index in [-0.39, 0.29) is 23.8 Å². The van der Waals surface area contributed by atoms with Gasteiger partial charge in [0.1, 0.15) is 6.04 Å². The zero-order chi connectivity index (χ0) is 27.2. The van der Waals surface area contributed by atoms with E-state index in [1.165, 1.54) is 38.5 Å². The number of likely N-dealkylation sites (tertiary alicyclic amines) is 1. The van der Waals surface area contributed by atoms with E-state index < -0.39 is 6.04 Å². The van der Waals surface area contributed by atoms with Gasteiger partial charge in [-0.2, -0.15) is 0 Å². The number of hydrogen-bond acceptors (Lipinski definition) is 3. The summed E-state index contributed by atoms with van der Waals surface area (Å²) < 4.78 is 0. The van der Waals surface area contributed by atoms with Gasteiger partial charge in [0.05, 0.1) is 0 Å². The van der Waals surface area contributed by atoms with Crippen LogP contribution in [0, 0.1) is 19.8 Å². The van der Waals surface area contributed by atoms with Crippen molar-refractivity contribution >= 4 is 17.5 Å². The summed E-state index contributed by atoms with van der Waals surface area (Å²) in [5.41, 5.74) is 3.70. The zero-order valence-corrected chi connectivity index (χ0v) is 24.0. The van der Waals surface area contributed by atoms with Crippen LogP contribution in [-0.2, 0) is 4.79 Å². The Labute approximate surface area is 235 Å². The molecule has 210 valence electrons. The number of amides is 2. The maximum atomic E-state index is 14.4. The number of carbonyl (C=O) groups excluding carboxylic acids is 2. The van der Waals surface area contributed by atoms with Crippen LogP contribution in [0.3, 0.4) is 0 Å². The summed E-state index contributed by atoms with van der Waals surface area (Å²) in [7, 11) is 0. The summed E-state index contributed by atoms with van der Waals surface area (Å²) in [6.07, 6.45) is 14.0. The van der Waals surface area contributed by atoms with Crippen molar-refractivity contribution in [3.63, 3.8) is 0 Å². The summed E-state index contributed by atoms with van der Waals surface area (Å²) in [6.45, 7) is 6.16. The van der Waals surface area contributed by atoms with Gasteiger partial charge in [0.15, 0.2) is 0 Å². The highest BCUT2D eigenvalue weighted by molar-refractivity contribution is 6.02. The topological polar surface area (TPSA) is 52.7 Å². The third kappa shape index (κ3) is 6.57. The Hall–Kier alpha value is -2.66. The monoisotopic (exact) mass is 529 g/mol. The van der Waals surface area contributed by atoms with Crippen LogP contribution in [0.4, 0.5) is 5.69 Å². The molecule has 3 aliphatic rings. The predicted molar refractivity (Wildman–Crippen MR) is 159 cm³/mol. The molecule has 2 amide bonds. The van der Waals surface area contributed by atoms with E-state index in [4.69, 9.17) is 0 Å². The van der Waals surface area contributed by atoms with Crippen molar-refractivity contribution in [2.45, 2.75) is 109 Å². The van der Waals surface area contributed by atoms with Crippen LogP contribution >= 0.6 is 0 Å². The number of aryl methyl sites for hydroxylation is 2. The average molecular weight is 530 g/mol. The minimum atomic E-state index is -0.465. The fourth-order valence-corrected chi connectivity index (χ4v) is 7.43. The van der Waals surface area contributed by atoms with Crippen LogP contribution in [0.2, 0.25) is 0 Å². The predicted octanol–water partition coefficient (Wildman–Crippen LogP) is 7.13. The van der Waals surface area contributed by atoms with Crippen LogP contribution < -0.4 is 5.32 Å². The lowest BCUT2D eigenvalue weighted by molar-refractivity contribution is -0.124. The maximum absolute atomic E-state index is 14.4. The van der Waals surface area contributed by atoms with Gasteiger partial charge < -0.3 is 15.1 Å². The standard InChI is InChI=1S/C34H47N3O2/c1-25-13-12-14-26(2)31(25)35-33(38)32(27-21-23-36(24-22-27)29-17-8-4-9-18-29)37(30-19-10-5-11-20-30)34(39)28-15-6-3-7-16-28/h3,6-7,12-16,27,29-30,32H,4-5,8-11,17-24H2,1-2H3,(H,35,38). The number of rotatable bonds is 7. The number of anilines is 1. The molecule has 5 heteroatoms. The molecule has 1 unspecified atom stereocenters. The Bertz CT molecular complexity index is 1080. The van der Waals surface area contributed by atoms with Crippen molar-refractivity contribution in [3.05, 3.63) is 65.2 Å². The normalized spacial score (nSPS) is 20.9. The third-order valence-electron chi connectivity index (χ3n) is 9.63. The molecule has 3 fully saturated rings. The zero-order valence-electron chi connectivity index (χ0n) is 24.0. The molecule has 0 aromatic heterocycles. The Morgan fingerprint density at radius 3 is 1.97 bits per heavy atom. The van der Waals surface area contributed by atoms with E-state index in [0.717, 1.165) is 68.4 Å². The molecule has 5 rings (SSSR count). The van der Waals surface area contributed by atoms with Crippen LogP contribution in [0.1, 0.15) is 98.5 Å². The van der Waals surface area contributed by atoms with E-state index in [1.807, 2.05) is 67.3 Å². The van der Waals surface area contributed by atoms with Gasteiger partial charge in [0.25, 0.3) is 5.91 Å². The van der Waals surface area contributed by atoms with Crippen molar-refractivity contribution < 1.29 is 9.59 Å². The second-order valence-corrected chi connectivity index (χ2v) is 12.2. The van der Waals surface area contributed by atoms with E-state index in [2.05, 4.69) is 10.2 Å². The molecule has 39 heavy (non-hydrogen) atoms. The Balaban J connectivity index is 1.46. The smallest absolute Gasteiger partial charge is 0.254 e. The highest BCUT2D eigenvalue weighted by atomic mass is 16.2. The van der Waals surface area contributed by atoms with Gasteiger partial charge in [-0.05, 0) is 94.6 Å². The van der Waals surface area contributed by atoms with Gasteiger partial charge in [0, 0.05) is 23.3 Å². The number of benzene rings is 2. The Morgan fingerprint density at radius 2 is 1.36 bits per heavy atom. The van der Waals surface area contributed by atoms with Crippen molar-refractivity contribution in [1.82, 2.24) is 9.80 Å². The molecular weight excluding hydrogens is 482 g/mol. The van der Waals surface area contributed by atoms with Crippen molar-refractivity contribution in [2.24, 2.45) is 5.92 Å². The van der Waals surface area contributed by atoms with Gasteiger partial charge in [-0.1, -0.05) is 74.9 Å². The summed E-state index contributed by atoms with van der Waals surface area (Å²) in [4.78, 5) is 33.4. The van der Waals surface area contributed by atoms with Crippen LogP contribution in [0.15, 0.2) is 48.5 Å². The van der Waals surface area contributed by atoms with Crippen LogP contribution in [0.25, 0.3) is 0 Å². The van der Waals surface area contributed by atoms with E-state index >= 15 is 0 Å². The lowest BCUT2D eigenvalue weighted by Crippen LogP contribution is -2.58. The molecule has 1 heterocycles. The average Bonchev–Trinajstić information content (AvgIpc) is 2.99. The molecular formula is C34H47N3O2. The molecule has 5 nitrogen and oxygen atoms in total. The highest BCUT2D eigenvalue weighted by Gasteiger charge is 2.42. The molecule has 1 saturated heterocycles. The first-order valence-electron chi connectivity index (χ1n) is 15.5. The first-order valence-corrected chi connectivity index (χ1v) is 15.5. The summed E-state index contributed by atoms with van der Waals surface area (Å²) >= 11 is 0. The van der Waals surface area contributed by atoms with E-state index in [0.29, 0.717) is 11.6 Å². The number of piperidine rings is 1.